The Morgan fingerprint density at radius 2 is 2.24 bits per heavy atom. The lowest BCUT2D eigenvalue weighted by Gasteiger charge is -2.29. The lowest BCUT2D eigenvalue weighted by atomic mass is 10.1. The molecule has 94 valence electrons. The average molecular weight is 240 g/mol. The highest BCUT2D eigenvalue weighted by molar-refractivity contribution is 5.72. The third-order valence-electron chi connectivity index (χ3n) is 2.94. The molecule has 0 aliphatic carbocycles. The summed E-state index contributed by atoms with van der Waals surface area (Å²) in [6, 6.07) is 2.20. The maximum atomic E-state index is 12.8. The van der Waals surface area contributed by atoms with Gasteiger partial charge in [-0.25, -0.2) is 4.39 Å². The number of aromatic nitrogens is 1. The molecule has 0 radical (unpaired) electrons. The van der Waals surface area contributed by atoms with Crippen LogP contribution in [0.2, 0.25) is 0 Å². The van der Waals surface area contributed by atoms with Crippen molar-refractivity contribution < 1.29 is 14.3 Å². The number of carboxylic acid groups (broad SMARTS) is 1. The van der Waals surface area contributed by atoms with E-state index in [0.717, 1.165) is 6.20 Å². The topological polar surface area (TPSA) is 53.4 Å². The van der Waals surface area contributed by atoms with Crippen molar-refractivity contribution in [2.75, 3.05) is 7.05 Å². The highest BCUT2D eigenvalue weighted by Gasteiger charge is 2.25. The molecule has 0 bridgehead atoms. The predicted octanol–water partition coefficient (Wildman–Crippen LogP) is 2.08. The molecule has 2 atom stereocenters. The first-order valence-electron chi connectivity index (χ1n) is 5.53. The van der Waals surface area contributed by atoms with Gasteiger partial charge in [0.05, 0.1) is 17.9 Å². The van der Waals surface area contributed by atoms with E-state index in [-0.39, 0.29) is 6.04 Å². The molecule has 0 saturated carbocycles. The SMILES string of the molecule is CCC(c1ccc(F)cn1)N(C)C(C)C(=O)O. The lowest BCUT2D eigenvalue weighted by Crippen LogP contribution is -2.38. The van der Waals surface area contributed by atoms with Crippen LogP contribution in [-0.2, 0) is 4.79 Å². The van der Waals surface area contributed by atoms with Crippen molar-refractivity contribution >= 4 is 5.97 Å². The van der Waals surface area contributed by atoms with Crippen LogP contribution in [-0.4, -0.2) is 34.0 Å². The fourth-order valence-corrected chi connectivity index (χ4v) is 1.73. The summed E-state index contributed by atoms with van der Waals surface area (Å²) >= 11 is 0. The highest BCUT2D eigenvalue weighted by Crippen LogP contribution is 2.23. The minimum absolute atomic E-state index is 0.123. The first kappa shape index (κ1) is 13.6. The standard InChI is InChI=1S/C12H17FN2O2/c1-4-11(15(3)8(2)12(16)17)10-6-5-9(13)7-14-10/h5-8,11H,4H2,1-3H3,(H,16,17). The van der Waals surface area contributed by atoms with Gasteiger partial charge in [0, 0.05) is 0 Å². The number of rotatable bonds is 5. The second-order valence-corrected chi connectivity index (χ2v) is 4.01. The van der Waals surface area contributed by atoms with Crippen molar-refractivity contribution in [3.05, 3.63) is 29.8 Å². The summed E-state index contributed by atoms with van der Waals surface area (Å²) in [6.45, 7) is 3.56. The summed E-state index contributed by atoms with van der Waals surface area (Å²) in [5.41, 5.74) is 0.685. The van der Waals surface area contributed by atoms with E-state index >= 15 is 0 Å². The van der Waals surface area contributed by atoms with E-state index in [4.69, 9.17) is 5.11 Å². The van der Waals surface area contributed by atoms with Gasteiger partial charge < -0.3 is 5.11 Å². The molecule has 1 aromatic heterocycles. The molecule has 17 heavy (non-hydrogen) atoms. The molecular formula is C12H17FN2O2. The fraction of sp³-hybridized carbons (Fsp3) is 0.500. The number of carboxylic acids is 1. The van der Waals surface area contributed by atoms with Gasteiger partial charge in [0.2, 0.25) is 0 Å². The summed E-state index contributed by atoms with van der Waals surface area (Å²) in [6.07, 6.45) is 1.87. The van der Waals surface area contributed by atoms with Gasteiger partial charge in [-0.15, -0.1) is 0 Å². The van der Waals surface area contributed by atoms with Gasteiger partial charge >= 0.3 is 5.97 Å². The van der Waals surface area contributed by atoms with E-state index in [9.17, 15) is 9.18 Å². The molecule has 0 aromatic carbocycles. The van der Waals surface area contributed by atoms with Crippen molar-refractivity contribution in [1.29, 1.82) is 0 Å². The molecule has 1 N–H and O–H groups in total. The molecule has 0 spiro atoms. The van der Waals surface area contributed by atoms with Crippen LogP contribution in [0.5, 0.6) is 0 Å². The molecule has 0 saturated heterocycles. The Morgan fingerprint density at radius 3 is 2.65 bits per heavy atom. The Labute approximate surface area is 100 Å². The van der Waals surface area contributed by atoms with Crippen LogP contribution in [0.1, 0.15) is 32.0 Å². The summed E-state index contributed by atoms with van der Waals surface area (Å²) in [5.74, 6) is -1.27. The Kier molecular flexibility index (Phi) is 4.57. The van der Waals surface area contributed by atoms with E-state index in [2.05, 4.69) is 4.98 Å². The summed E-state index contributed by atoms with van der Waals surface area (Å²) in [5, 5.41) is 8.97. The van der Waals surface area contributed by atoms with Gasteiger partial charge in [0.25, 0.3) is 0 Å². The number of hydrogen-bond acceptors (Lipinski definition) is 3. The number of carbonyl (C=O) groups is 1. The molecule has 5 heteroatoms. The molecule has 0 aliphatic rings. The molecule has 0 fully saturated rings. The summed E-state index contributed by atoms with van der Waals surface area (Å²) < 4.78 is 12.8. The van der Waals surface area contributed by atoms with Gasteiger partial charge in [0.1, 0.15) is 11.9 Å². The van der Waals surface area contributed by atoms with Crippen LogP contribution in [0, 0.1) is 5.82 Å². The van der Waals surface area contributed by atoms with Crippen molar-refractivity contribution in [3.63, 3.8) is 0 Å². The Hall–Kier alpha value is -1.49. The maximum absolute atomic E-state index is 12.8. The van der Waals surface area contributed by atoms with Crippen molar-refractivity contribution in [3.8, 4) is 0 Å². The number of nitrogens with zero attached hydrogens (tertiary/aromatic N) is 2. The maximum Gasteiger partial charge on any atom is 0.320 e. The molecular weight excluding hydrogens is 223 g/mol. The number of pyridine rings is 1. The van der Waals surface area contributed by atoms with Crippen molar-refractivity contribution in [2.45, 2.75) is 32.4 Å². The second-order valence-electron chi connectivity index (χ2n) is 4.01. The van der Waals surface area contributed by atoms with Gasteiger partial charge in [-0.1, -0.05) is 6.92 Å². The zero-order chi connectivity index (χ0) is 13.0. The quantitative estimate of drug-likeness (QED) is 0.856. The molecule has 1 heterocycles. The van der Waals surface area contributed by atoms with E-state index in [1.807, 2.05) is 6.92 Å². The predicted molar refractivity (Wildman–Crippen MR) is 62.1 cm³/mol. The van der Waals surface area contributed by atoms with Crippen LogP contribution in [0.25, 0.3) is 0 Å². The van der Waals surface area contributed by atoms with Crippen molar-refractivity contribution in [1.82, 2.24) is 9.88 Å². The van der Waals surface area contributed by atoms with E-state index in [1.54, 1.807) is 24.9 Å². The molecule has 2 unspecified atom stereocenters. The first-order valence-corrected chi connectivity index (χ1v) is 5.53. The fourth-order valence-electron chi connectivity index (χ4n) is 1.73. The minimum atomic E-state index is -0.881. The number of likely N-dealkylation sites (N-methyl/N-ethyl adjacent to an activating group) is 1. The van der Waals surface area contributed by atoms with Crippen LogP contribution in [0.3, 0.4) is 0 Å². The Bertz CT molecular complexity index is 381. The van der Waals surface area contributed by atoms with E-state index in [0.29, 0.717) is 12.1 Å². The monoisotopic (exact) mass is 240 g/mol. The lowest BCUT2D eigenvalue weighted by molar-refractivity contribution is -0.143. The van der Waals surface area contributed by atoms with Gasteiger partial charge in [-0.2, -0.15) is 0 Å². The summed E-state index contributed by atoms with van der Waals surface area (Å²) in [4.78, 5) is 16.7. The summed E-state index contributed by atoms with van der Waals surface area (Å²) in [7, 11) is 1.73. The molecule has 0 aliphatic heterocycles. The highest BCUT2D eigenvalue weighted by atomic mass is 19.1. The van der Waals surface area contributed by atoms with Crippen LogP contribution in [0.15, 0.2) is 18.3 Å². The number of aliphatic carboxylic acids is 1. The van der Waals surface area contributed by atoms with Gasteiger partial charge in [0.15, 0.2) is 0 Å². The van der Waals surface area contributed by atoms with Crippen LogP contribution >= 0.6 is 0 Å². The Morgan fingerprint density at radius 1 is 1.59 bits per heavy atom. The zero-order valence-corrected chi connectivity index (χ0v) is 10.2. The molecule has 0 amide bonds. The molecule has 1 aromatic rings. The minimum Gasteiger partial charge on any atom is -0.480 e. The van der Waals surface area contributed by atoms with Crippen molar-refractivity contribution in [2.24, 2.45) is 0 Å². The van der Waals surface area contributed by atoms with E-state index < -0.39 is 17.8 Å². The number of halogens is 1. The number of hydrogen-bond donors (Lipinski definition) is 1. The third kappa shape index (κ3) is 3.23. The largest absolute Gasteiger partial charge is 0.480 e. The van der Waals surface area contributed by atoms with Crippen LogP contribution < -0.4 is 0 Å². The third-order valence-corrected chi connectivity index (χ3v) is 2.94. The first-order chi connectivity index (χ1) is 7.97. The smallest absolute Gasteiger partial charge is 0.320 e. The second kappa shape index (κ2) is 5.72. The molecule has 4 nitrogen and oxygen atoms in total. The normalized spacial score (nSPS) is 14.6. The average Bonchev–Trinajstić information content (AvgIpc) is 2.31. The van der Waals surface area contributed by atoms with Crippen LogP contribution in [0.4, 0.5) is 4.39 Å². The zero-order valence-electron chi connectivity index (χ0n) is 10.2. The van der Waals surface area contributed by atoms with E-state index in [1.165, 1.54) is 6.07 Å². The molecule has 1 rings (SSSR count). The van der Waals surface area contributed by atoms with Gasteiger partial charge in [-0.05, 0) is 32.5 Å². The Balaban J connectivity index is 2.91. The van der Waals surface area contributed by atoms with Gasteiger partial charge in [-0.3, -0.25) is 14.7 Å².